The summed E-state index contributed by atoms with van der Waals surface area (Å²) in [6.45, 7) is 1.19. The summed E-state index contributed by atoms with van der Waals surface area (Å²) in [7, 11) is 0. The van der Waals surface area contributed by atoms with Crippen molar-refractivity contribution in [3.05, 3.63) is 0 Å². The number of carboxylic acids is 2. The first kappa shape index (κ1) is 30.1. The van der Waals surface area contributed by atoms with Crippen LogP contribution in [-0.4, -0.2) is 93.2 Å². The van der Waals surface area contributed by atoms with Crippen LogP contribution in [0, 0.1) is 0 Å². The first-order chi connectivity index (χ1) is 15.3. The zero-order valence-corrected chi connectivity index (χ0v) is 19.1. The van der Waals surface area contributed by atoms with E-state index in [4.69, 9.17) is 16.6 Å². The van der Waals surface area contributed by atoms with E-state index in [2.05, 4.69) is 16.0 Å². The average molecular weight is 494 g/mol. The summed E-state index contributed by atoms with van der Waals surface area (Å²) in [6, 6.07) is -5.70. The number of nitrogens with two attached hydrogens (primary N) is 2. The smallest absolute Gasteiger partial charge is 0.326 e. The lowest BCUT2D eigenvalue weighted by atomic mass is 10.1. The third-order valence-corrected chi connectivity index (χ3v) is 4.98. The highest BCUT2D eigenvalue weighted by molar-refractivity contribution is 7.98. The lowest BCUT2D eigenvalue weighted by Gasteiger charge is -2.26. The molecule has 188 valence electrons. The van der Waals surface area contributed by atoms with Crippen LogP contribution in [0.2, 0.25) is 0 Å². The van der Waals surface area contributed by atoms with Gasteiger partial charge in [0.05, 0.1) is 18.6 Å². The Morgan fingerprint density at radius 3 is 1.94 bits per heavy atom. The molecule has 0 bridgehead atoms. The number of carbonyl (C=O) groups excluding carboxylic acids is 4. The van der Waals surface area contributed by atoms with Crippen molar-refractivity contribution in [2.45, 2.75) is 62.9 Å². The number of rotatable bonds is 16. The topological polar surface area (TPSA) is 251 Å². The zero-order valence-electron chi connectivity index (χ0n) is 18.3. The van der Waals surface area contributed by atoms with Crippen molar-refractivity contribution in [1.82, 2.24) is 16.0 Å². The number of aliphatic hydroxyl groups excluding tert-OH is 1. The Morgan fingerprint density at radius 1 is 0.909 bits per heavy atom. The normalized spacial score (nSPS) is 15.3. The van der Waals surface area contributed by atoms with Crippen molar-refractivity contribution in [3.63, 3.8) is 0 Å². The van der Waals surface area contributed by atoms with Crippen molar-refractivity contribution in [3.8, 4) is 0 Å². The van der Waals surface area contributed by atoms with E-state index in [1.165, 1.54) is 18.7 Å². The van der Waals surface area contributed by atoms with Gasteiger partial charge < -0.3 is 42.7 Å². The quantitative estimate of drug-likeness (QED) is 0.106. The van der Waals surface area contributed by atoms with Crippen molar-refractivity contribution < 1.29 is 44.1 Å². The Bertz CT molecular complexity index is 734. The molecule has 0 aromatic carbocycles. The van der Waals surface area contributed by atoms with Gasteiger partial charge in [-0.15, -0.1) is 0 Å². The fraction of sp³-hybridized carbons (Fsp3) is 0.667. The molecule has 0 aliphatic carbocycles. The highest BCUT2D eigenvalue weighted by Crippen LogP contribution is 2.06. The van der Waals surface area contributed by atoms with Gasteiger partial charge in [0, 0.05) is 6.42 Å². The Hall–Kier alpha value is -2.91. The number of aliphatic carboxylic acids is 2. The van der Waals surface area contributed by atoms with Gasteiger partial charge >= 0.3 is 11.9 Å². The van der Waals surface area contributed by atoms with Crippen LogP contribution in [0.15, 0.2) is 0 Å². The van der Waals surface area contributed by atoms with Crippen LogP contribution in [0.3, 0.4) is 0 Å². The maximum absolute atomic E-state index is 12.7. The highest BCUT2D eigenvalue weighted by atomic mass is 32.2. The van der Waals surface area contributed by atoms with Crippen LogP contribution in [0.25, 0.3) is 0 Å². The summed E-state index contributed by atoms with van der Waals surface area (Å²) in [5.41, 5.74) is 10.5. The lowest BCUT2D eigenvalue weighted by Crippen LogP contribution is -2.60. The number of carboxylic acid groups (broad SMARTS) is 2. The number of hydrogen-bond acceptors (Lipinski definition) is 9. The van der Waals surface area contributed by atoms with Crippen LogP contribution in [0.1, 0.15) is 32.6 Å². The minimum Gasteiger partial charge on any atom is -0.481 e. The Morgan fingerprint density at radius 2 is 1.48 bits per heavy atom. The maximum Gasteiger partial charge on any atom is 0.326 e. The molecule has 0 aliphatic heterocycles. The summed E-state index contributed by atoms with van der Waals surface area (Å²) in [5, 5.41) is 34.6. The van der Waals surface area contributed by atoms with Crippen LogP contribution >= 0.6 is 11.8 Å². The van der Waals surface area contributed by atoms with E-state index in [1.807, 2.05) is 0 Å². The minimum atomic E-state index is -1.56. The summed E-state index contributed by atoms with van der Waals surface area (Å²) in [6.07, 6.45) is -0.857. The molecule has 0 spiro atoms. The monoisotopic (exact) mass is 493 g/mol. The summed E-state index contributed by atoms with van der Waals surface area (Å²) in [5.74, 6) is -5.92. The lowest BCUT2D eigenvalue weighted by molar-refractivity contribution is -0.142. The SMILES string of the molecule is CSCCC(NC(=O)C(NC(=O)C(N)CC(=O)O)C(C)O)C(=O)NC(CCC(N)=O)C(=O)O. The third kappa shape index (κ3) is 12.1. The molecular weight excluding hydrogens is 462 g/mol. The molecule has 0 saturated heterocycles. The fourth-order valence-electron chi connectivity index (χ4n) is 2.53. The number of carbonyl (C=O) groups is 6. The molecule has 0 aromatic heterocycles. The first-order valence-electron chi connectivity index (χ1n) is 9.86. The van der Waals surface area contributed by atoms with Gasteiger partial charge in [0.2, 0.25) is 23.6 Å². The second-order valence-electron chi connectivity index (χ2n) is 7.18. The van der Waals surface area contributed by atoms with Gasteiger partial charge in [0.15, 0.2) is 0 Å². The Labute approximate surface area is 194 Å². The number of thioether (sulfide) groups is 1. The molecule has 33 heavy (non-hydrogen) atoms. The molecule has 0 heterocycles. The number of nitrogens with one attached hydrogen (secondary N) is 3. The van der Waals surface area contributed by atoms with E-state index < -0.39 is 72.3 Å². The summed E-state index contributed by atoms with van der Waals surface area (Å²) < 4.78 is 0. The molecule has 0 fully saturated rings. The van der Waals surface area contributed by atoms with E-state index in [0.29, 0.717) is 5.75 Å². The van der Waals surface area contributed by atoms with Crippen LogP contribution < -0.4 is 27.4 Å². The minimum absolute atomic E-state index is 0.0832. The molecule has 0 radical (unpaired) electrons. The molecular formula is C18H31N5O9S. The largest absolute Gasteiger partial charge is 0.481 e. The zero-order chi connectivity index (χ0) is 25.7. The van der Waals surface area contributed by atoms with E-state index in [1.54, 1.807) is 6.26 Å². The molecule has 10 N–H and O–H groups in total. The first-order valence-corrected chi connectivity index (χ1v) is 11.3. The molecule has 0 aliphatic rings. The van der Waals surface area contributed by atoms with Gasteiger partial charge in [-0.25, -0.2) is 4.79 Å². The highest BCUT2D eigenvalue weighted by Gasteiger charge is 2.32. The van der Waals surface area contributed by atoms with E-state index in [9.17, 15) is 39.0 Å². The van der Waals surface area contributed by atoms with Gasteiger partial charge in [-0.05, 0) is 31.8 Å². The third-order valence-electron chi connectivity index (χ3n) is 4.33. The summed E-state index contributed by atoms with van der Waals surface area (Å²) >= 11 is 1.35. The second kappa shape index (κ2) is 15.0. The number of amides is 4. The number of primary amides is 1. The average Bonchev–Trinajstić information content (AvgIpc) is 2.70. The number of hydrogen-bond donors (Lipinski definition) is 8. The van der Waals surface area contributed by atoms with Crippen LogP contribution in [0.4, 0.5) is 0 Å². The van der Waals surface area contributed by atoms with Gasteiger partial charge in [0.1, 0.15) is 18.1 Å². The molecule has 4 amide bonds. The molecule has 5 unspecified atom stereocenters. The van der Waals surface area contributed by atoms with E-state index >= 15 is 0 Å². The molecule has 15 heteroatoms. The Kier molecular flexibility index (Phi) is 13.7. The molecule has 0 rings (SSSR count). The Balaban J connectivity index is 5.40. The van der Waals surface area contributed by atoms with Gasteiger partial charge in [0.25, 0.3) is 0 Å². The van der Waals surface area contributed by atoms with Crippen LogP contribution in [0.5, 0.6) is 0 Å². The fourth-order valence-corrected chi connectivity index (χ4v) is 3.00. The predicted octanol–water partition coefficient (Wildman–Crippen LogP) is -3.27. The second-order valence-corrected chi connectivity index (χ2v) is 8.16. The molecule has 5 atom stereocenters. The molecule has 0 aromatic rings. The van der Waals surface area contributed by atoms with Crippen molar-refractivity contribution in [2.24, 2.45) is 11.5 Å². The van der Waals surface area contributed by atoms with Gasteiger partial charge in [-0.3, -0.25) is 24.0 Å². The van der Waals surface area contributed by atoms with Crippen molar-refractivity contribution in [1.29, 1.82) is 0 Å². The summed E-state index contributed by atoms with van der Waals surface area (Å²) in [4.78, 5) is 70.4. The van der Waals surface area contributed by atoms with Crippen molar-refractivity contribution >= 4 is 47.3 Å². The predicted molar refractivity (Wildman–Crippen MR) is 117 cm³/mol. The van der Waals surface area contributed by atoms with Gasteiger partial charge in [-0.2, -0.15) is 11.8 Å². The standard InChI is InChI=1S/C18H31N5O9S/c1-8(24)14(23-15(28)9(19)7-13(26)27)17(30)21-10(5-6-33-2)16(29)22-11(18(31)32)3-4-12(20)25/h8-11,14,24H,3-7,19H2,1-2H3,(H2,20,25)(H,21,30)(H,22,29)(H,23,28)(H,26,27)(H,31,32). The van der Waals surface area contributed by atoms with Gasteiger partial charge in [-0.1, -0.05) is 0 Å². The maximum atomic E-state index is 12.7. The van der Waals surface area contributed by atoms with E-state index in [-0.39, 0.29) is 19.3 Å². The number of aliphatic hydroxyl groups is 1. The van der Waals surface area contributed by atoms with E-state index in [0.717, 1.165) is 0 Å². The van der Waals surface area contributed by atoms with Crippen LogP contribution in [-0.2, 0) is 28.8 Å². The molecule has 14 nitrogen and oxygen atoms in total. The van der Waals surface area contributed by atoms with Crippen molar-refractivity contribution in [2.75, 3.05) is 12.0 Å². The molecule has 0 saturated carbocycles.